The zero-order chi connectivity index (χ0) is 16.6. The van der Waals surface area contributed by atoms with Crippen LogP contribution in [0.5, 0.6) is 0 Å². The molecule has 7 heteroatoms. The third-order valence-corrected chi connectivity index (χ3v) is 6.78. The second kappa shape index (κ2) is 6.26. The van der Waals surface area contributed by atoms with Crippen LogP contribution in [0.25, 0.3) is 0 Å². The fourth-order valence-corrected chi connectivity index (χ4v) is 5.64. The van der Waals surface area contributed by atoms with Crippen molar-refractivity contribution in [3.05, 3.63) is 17.5 Å². The Morgan fingerprint density at radius 1 is 1.22 bits per heavy atom. The molecule has 1 saturated carbocycles. The second-order valence-electron chi connectivity index (χ2n) is 6.86. The average Bonchev–Trinajstić information content (AvgIpc) is 3.02. The number of rotatable bonds is 3. The van der Waals surface area contributed by atoms with Gasteiger partial charge in [-0.3, -0.25) is 9.48 Å². The summed E-state index contributed by atoms with van der Waals surface area (Å²) in [5.41, 5.74) is 1.36. The van der Waals surface area contributed by atoms with Crippen LogP contribution in [-0.4, -0.2) is 52.6 Å². The van der Waals surface area contributed by atoms with Crippen LogP contribution < -0.4 is 0 Å². The SMILES string of the molecule is Cc1cc(C(=O)N(C2CCCCC2)[C@@H]2CCS(=O)(=O)C2)n(C)n1. The molecule has 1 aliphatic heterocycles. The topological polar surface area (TPSA) is 72.3 Å². The fourth-order valence-electron chi connectivity index (χ4n) is 3.93. The molecule has 1 aliphatic carbocycles. The molecule has 0 bridgehead atoms. The fraction of sp³-hybridized carbons (Fsp3) is 0.750. The Morgan fingerprint density at radius 3 is 2.43 bits per heavy atom. The van der Waals surface area contributed by atoms with E-state index in [2.05, 4.69) is 5.10 Å². The summed E-state index contributed by atoms with van der Waals surface area (Å²) >= 11 is 0. The Bertz CT molecular complexity index is 689. The van der Waals surface area contributed by atoms with E-state index in [1.165, 1.54) is 6.42 Å². The normalized spacial score (nSPS) is 24.7. The molecule has 1 aromatic heterocycles. The summed E-state index contributed by atoms with van der Waals surface area (Å²) in [7, 11) is -1.25. The van der Waals surface area contributed by atoms with Crippen molar-refractivity contribution in [1.29, 1.82) is 0 Å². The van der Waals surface area contributed by atoms with Crippen LogP contribution in [-0.2, 0) is 16.9 Å². The van der Waals surface area contributed by atoms with Crippen molar-refractivity contribution in [2.24, 2.45) is 7.05 Å². The van der Waals surface area contributed by atoms with Crippen LogP contribution in [0.2, 0.25) is 0 Å². The van der Waals surface area contributed by atoms with Crippen molar-refractivity contribution in [1.82, 2.24) is 14.7 Å². The average molecular weight is 339 g/mol. The van der Waals surface area contributed by atoms with Crippen molar-refractivity contribution in [3.63, 3.8) is 0 Å². The first-order valence-corrected chi connectivity index (χ1v) is 10.2. The van der Waals surface area contributed by atoms with Crippen molar-refractivity contribution in [2.75, 3.05) is 11.5 Å². The smallest absolute Gasteiger partial charge is 0.272 e. The first kappa shape index (κ1) is 16.5. The Hall–Kier alpha value is -1.37. The van der Waals surface area contributed by atoms with Gasteiger partial charge in [0.1, 0.15) is 5.69 Å². The molecule has 0 spiro atoms. The van der Waals surface area contributed by atoms with Gasteiger partial charge in [-0.05, 0) is 32.3 Å². The Morgan fingerprint density at radius 2 is 1.91 bits per heavy atom. The summed E-state index contributed by atoms with van der Waals surface area (Å²) in [6, 6.07) is 1.76. The number of aryl methyl sites for hydroxylation is 2. The molecule has 3 rings (SSSR count). The van der Waals surface area contributed by atoms with Gasteiger partial charge in [0, 0.05) is 19.1 Å². The lowest BCUT2D eigenvalue weighted by atomic mass is 9.92. The van der Waals surface area contributed by atoms with Crippen LogP contribution in [0, 0.1) is 6.92 Å². The van der Waals surface area contributed by atoms with Gasteiger partial charge < -0.3 is 4.90 Å². The number of aromatic nitrogens is 2. The maximum Gasteiger partial charge on any atom is 0.272 e. The molecule has 0 N–H and O–H groups in total. The van der Waals surface area contributed by atoms with Crippen LogP contribution in [0.4, 0.5) is 0 Å². The lowest BCUT2D eigenvalue weighted by Crippen LogP contribution is -2.49. The molecular weight excluding hydrogens is 314 g/mol. The van der Waals surface area contributed by atoms with E-state index < -0.39 is 9.84 Å². The summed E-state index contributed by atoms with van der Waals surface area (Å²) in [5.74, 6) is 0.229. The maximum absolute atomic E-state index is 13.1. The molecule has 128 valence electrons. The molecule has 1 atom stereocenters. The number of sulfone groups is 1. The van der Waals surface area contributed by atoms with E-state index in [1.54, 1.807) is 17.8 Å². The highest BCUT2D eigenvalue weighted by Crippen LogP contribution is 2.29. The predicted octanol–water partition coefficient (Wildman–Crippen LogP) is 1.69. The summed E-state index contributed by atoms with van der Waals surface area (Å²) in [6.07, 6.45) is 5.92. The molecular formula is C16H25N3O3S. The molecule has 23 heavy (non-hydrogen) atoms. The Kier molecular flexibility index (Phi) is 4.49. The molecule has 0 unspecified atom stereocenters. The van der Waals surface area contributed by atoms with Gasteiger partial charge in [-0.1, -0.05) is 19.3 Å². The number of nitrogens with zero attached hydrogens (tertiary/aromatic N) is 3. The predicted molar refractivity (Wildman–Crippen MR) is 88.0 cm³/mol. The summed E-state index contributed by atoms with van der Waals surface area (Å²) in [6.45, 7) is 1.86. The quantitative estimate of drug-likeness (QED) is 0.840. The van der Waals surface area contributed by atoms with E-state index >= 15 is 0 Å². The standard InChI is InChI=1S/C16H25N3O3S/c1-12-10-15(18(2)17-12)16(20)19(13-6-4-3-5-7-13)14-8-9-23(21,22)11-14/h10,13-14H,3-9,11H2,1-2H3/t14-/m1/s1. The molecule has 2 heterocycles. The number of hydrogen-bond donors (Lipinski definition) is 0. The Labute approximate surface area is 137 Å². The summed E-state index contributed by atoms with van der Waals surface area (Å²) in [5, 5.41) is 4.27. The molecule has 1 amide bonds. The van der Waals surface area contributed by atoms with E-state index in [-0.39, 0.29) is 29.5 Å². The number of amides is 1. The highest BCUT2D eigenvalue weighted by molar-refractivity contribution is 7.91. The molecule has 2 aliphatic rings. The van der Waals surface area contributed by atoms with Gasteiger partial charge in [-0.15, -0.1) is 0 Å². The lowest BCUT2D eigenvalue weighted by Gasteiger charge is -2.38. The van der Waals surface area contributed by atoms with Crippen molar-refractivity contribution in [3.8, 4) is 0 Å². The van der Waals surface area contributed by atoms with E-state index in [0.717, 1.165) is 31.4 Å². The van der Waals surface area contributed by atoms with Crippen LogP contribution in [0.3, 0.4) is 0 Å². The van der Waals surface area contributed by atoms with Crippen molar-refractivity contribution in [2.45, 2.75) is 57.5 Å². The zero-order valence-electron chi connectivity index (χ0n) is 13.9. The minimum atomic E-state index is -3.02. The second-order valence-corrected chi connectivity index (χ2v) is 9.08. The van der Waals surface area contributed by atoms with E-state index in [4.69, 9.17) is 0 Å². The van der Waals surface area contributed by atoms with Crippen LogP contribution in [0.1, 0.15) is 54.7 Å². The number of hydrogen-bond acceptors (Lipinski definition) is 4. The van der Waals surface area contributed by atoms with E-state index in [9.17, 15) is 13.2 Å². The summed E-state index contributed by atoms with van der Waals surface area (Å²) in [4.78, 5) is 15.0. The van der Waals surface area contributed by atoms with Gasteiger partial charge in [-0.2, -0.15) is 5.10 Å². The largest absolute Gasteiger partial charge is 0.330 e. The van der Waals surface area contributed by atoms with E-state index in [0.29, 0.717) is 12.1 Å². The van der Waals surface area contributed by atoms with E-state index in [1.807, 2.05) is 11.8 Å². The molecule has 0 aromatic carbocycles. The third-order valence-electron chi connectivity index (χ3n) is 5.03. The molecule has 1 aromatic rings. The molecule has 2 fully saturated rings. The summed E-state index contributed by atoms with van der Waals surface area (Å²) < 4.78 is 25.4. The van der Waals surface area contributed by atoms with Gasteiger partial charge >= 0.3 is 0 Å². The van der Waals surface area contributed by atoms with Crippen LogP contribution in [0.15, 0.2) is 6.07 Å². The third kappa shape index (κ3) is 3.44. The van der Waals surface area contributed by atoms with Crippen molar-refractivity contribution < 1.29 is 13.2 Å². The van der Waals surface area contributed by atoms with Gasteiger partial charge in [-0.25, -0.2) is 8.42 Å². The Balaban J connectivity index is 1.91. The molecule has 6 nitrogen and oxygen atoms in total. The monoisotopic (exact) mass is 339 g/mol. The first-order valence-electron chi connectivity index (χ1n) is 8.41. The van der Waals surface area contributed by atoms with Crippen LogP contribution >= 0.6 is 0 Å². The minimum absolute atomic E-state index is 0.0675. The van der Waals surface area contributed by atoms with Gasteiger partial charge in [0.05, 0.1) is 17.2 Å². The lowest BCUT2D eigenvalue weighted by molar-refractivity contribution is 0.0530. The highest BCUT2D eigenvalue weighted by Gasteiger charge is 2.39. The minimum Gasteiger partial charge on any atom is -0.330 e. The molecule has 1 saturated heterocycles. The van der Waals surface area contributed by atoms with Gasteiger partial charge in [0.15, 0.2) is 9.84 Å². The molecule has 0 radical (unpaired) electrons. The van der Waals surface area contributed by atoms with Gasteiger partial charge in [0.2, 0.25) is 0 Å². The number of carbonyl (C=O) groups is 1. The highest BCUT2D eigenvalue weighted by atomic mass is 32.2. The number of carbonyl (C=O) groups excluding carboxylic acids is 1. The van der Waals surface area contributed by atoms with Crippen molar-refractivity contribution >= 4 is 15.7 Å². The zero-order valence-corrected chi connectivity index (χ0v) is 14.7. The van der Waals surface area contributed by atoms with Gasteiger partial charge in [0.25, 0.3) is 5.91 Å². The maximum atomic E-state index is 13.1. The first-order chi connectivity index (χ1) is 10.9.